The topological polar surface area (TPSA) is 64.7 Å². The number of carbonyl (C=O) groups is 1. The molecule has 20 heavy (non-hydrogen) atoms. The van der Waals surface area contributed by atoms with E-state index in [0.29, 0.717) is 11.1 Å². The molecule has 0 aromatic heterocycles. The maximum atomic E-state index is 11.8. The largest absolute Gasteiger partial charge is 0.380 e. The third-order valence-corrected chi connectivity index (χ3v) is 2.86. The van der Waals surface area contributed by atoms with E-state index in [4.69, 9.17) is 10.6 Å². The van der Waals surface area contributed by atoms with E-state index in [0.717, 1.165) is 11.1 Å². The van der Waals surface area contributed by atoms with Gasteiger partial charge in [-0.15, -0.1) is 0 Å². The third-order valence-electron chi connectivity index (χ3n) is 2.86. The average molecular weight is 268 g/mol. The second-order valence-corrected chi connectivity index (χ2v) is 4.59. The molecular weight excluding hydrogens is 252 g/mol. The van der Waals surface area contributed by atoms with Crippen molar-refractivity contribution in [1.82, 2.24) is 0 Å². The van der Waals surface area contributed by atoms with E-state index in [2.05, 4.69) is 5.16 Å². The number of amidine groups is 1. The molecule has 0 bridgehead atoms. The van der Waals surface area contributed by atoms with E-state index in [9.17, 15) is 4.79 Å². The molecule has 0 aliphatic heterocycles. The molecule has 4 nitrogen and oxygen atoms in total. The van der Waals surface area contributed by atoms with Crippen LogP contribution >= 0.6 is 0 Å². The molecule has 0 amide bonds. The number of benzene rings is 2. The van der Waals surface area contributed by atoms with Crippen LogP contribution in [-0.2, 0) is 4.84 Å². The number of rotatable bonds is 3. The molecule has 0 aliphatic rings. The number of oxime groups is 1. The van der Waals surface area contributed by atoms with Crippen molar-refractivity contribution in [3.8, 4) is 0 Å². The summed E-state index contributed by atoms with van der Waals surface area (Å²) in [4.78, 5) is 16.6. The van der Waals surface area contributed by atoms with Crippen LogP contribution in [0.3, 0.4) is 0 Å². The molecule has 2 N–H and O–H groups in total. The molecule has 0 saturated heterocycles. The van der Waals surface area contributed by atoms with E-state index in [1.165, 1.54) is 0 Å². The first kappa shape index (κ1) is 13.8. The fraction of sp³-hybridized carbons (Fsp3) is 0.125. The average Bonchev–Trinajstić information content (AvgIpc) is 2.46. The zero-order chi connectivity index (χ0) is 14.5. The molecule has 0 radical (unpaired) electrons. The van der Waals surface area contributed by atoms with Gasteiger partial charge in [0.2, 0.25) is 0 Å². The number of nitrogens with two attached hydrogens (primary N) is 1. The van der Waals surface area contributed by atoms with Crippen molar-refractivity contribution in [1.29, 1.82) is 0 Å². The number of hydrogen-bond acceptors (Lipinski definition) is 3. The van der Waals surface area contributed by atoms with Crippen molar-refractivity contribution in [2.24, 2.45) is 10.9 Å². The van der Waals surface area contributed by atoms with Crippen molar-refractivity contribution in [3.63, 3.8) is 0 Å². The van der Waals surface area contributed by atoms with Gasteiger partial charge in [-0.1, -0.05) is 52.7 Å². The molecule has 0 spiro atoms. The summed E-state index contributed by atoms with van der Waals surface area (Å²) in [6, 6.07) is 14.5. The van der Waals surface area contributed by atoms with Crippen molar-refractivity contribution in [2.45, 2.75) is 13.8 Å². The molecule has 0 unspecified atom stereocenters. The molecule has 2 aromatic carbocycles. The predicted molar refractivity (Wildman–Crippen MR) is 78.5 cm³/mol. The maximum absolute atomic E-state index is 11.8. The maximum Gasteiger partial charge on any atom is 0.365 e. The lowest BCUT2D eigenvalue weighted by molar-refractivity contribution is 0.0516. The van der Waals surface area contributed by atoms with Crippen LogP contribution in [0.5, 0.6) is 0 Å². The summed E-state index contributed by atoms with van der Waals surface area (Å²) >= 11 is 0. The highest BCUT2D eigenvalue weighted by molar-refractivity contribution is 5.98. The standard InChI is InChI=1S/C16H16N2O2/c1-11-3-7-13(8-4-11)15(17)18-20-16(19)14-9-5-12(2)6-10-14/h3-10H,1-2H3,(H2,17,18). The fourth-order valence-electron chi connectivity index (χ4n) is 1.61. The molecule has 0 saturated carbocycles. The van der Waals surface area contributed by atoms with Crippen LogP contribution in [0.25, 0.3) is 0 Å². The van der Waals surface area contributed by atoms with E-state index in [1.54, 1.807) is 12.1 Å². The molecular formula is C16H16N2O2. The minimum absolute atomic E-state index is 0.172. The molecule has 0 heterocycles. The minimum Gasteiger partial charge on any atom is -0.380 e. The van der Waals surface area contributed by atoms with Gasteiger partial charge in [-0.05, 0) is 26.0 Å². The number of nitrogens with zero attached hydrogens (tertiary/aromatic N) is 1. The number of carbonyl (C=O) groups excluding carboxylic acids is 1. The monoisotopic (exact) mass is 268 g/mol. The Morgan fingerprint density at radius 3 is 1.85 bits per heavy atom. The van der Waals surface area contributed by atoms with Gasteiger partial charge >= 0.3 is 5.97 Å². The van der Waals surface area contributed by atoms with Gasteiger partial charge in [0, 0.05) is 5.56 Å². The minimum atomic E-state index is -0.528. The Labute approximate surface area is 117 Å². The summed E-state index contributed by atoms with van der Waals surface area (Å²) in [7, 11) is 0. The number of aryl methyl sites for hydroxylation is 2. The van der Waals surface area contributed by atoms with Gasteiger partial charge in [-0.25, -0.2) is 4.79 Å². The SMILES string of the molecule is Cc1ccc(C(=O)O/N=C(/N)c2ccc(C)cc2)cc1. The first-order valence-electron chi connectivity index (χ1n) is 6.25. The highest BCUT2D eigenvalue weighted by Gasteiger charge is 2.07. The predicted octanol–water partition coefficient (Wildman–Crippen LogP) is 2.78. The van der Waals surface area contributed by atoms with Crippen molar-refractivity contribution in [3.05, 3.63) is 70.8 Å². The Balaban J connectivity index is 2.06. The van der Waals surface area contributed by atoms with E-state index >= 15 is 0 Å². The zero-order valence-electron chi connectivity index (χ0n) is 11.5. The molecule has 2 rings (SSSR count). The van der Waals surface area contributed by atoms with Crippen LogP contribution < -0.4 is 5.73 Å². The van der Waals surface area contributed by atoms with Crippen LogP contribution in [-0.4, -0.2) is 11.8 Å². The molecule has 4 heteroatoms. The van der Waals surface area contributed by atoms with Crippen LogP contribution in [0.1, 0.15) is 27.0 Å². The molecule has 102 valence electrons. The first-order valence-corrected chi connectivity index (χ1v) is 6.25. The van der Waals surface area contributed by atoms with E-state index in [1.807, 2.05) is 50.2 Å². The summed E-state index contributed by atoms with van der Waals surface area (Å²) in [5.74, 6) is -0.356. The second-order valence-electron chi connectivity index (χ2n) is 4.59. The van der Waals surface area contributed by atoms with Crippen molar-refractivity contribution >= 4 is 11.8 Å². The van der Waals surface area contributed by atoms with Gasteiger partial charge in [-0.2, -0.15) is 0 Å². The molecule has 0 fully saturated rings. The summed E-state index contributed by atoms with van der Waals surface area (Å²) in [6.45, 7) is 3.93. The van der Waals surface area contributed by atoms with E-state index in [-0.39, 0.29) is 5.84 Å². The van der Waals surface area contributed by atoms with Crippen molar-refractivity contribution < 1.29 is 9.63 Å². The smallest absolute Gasteiger partial charge is 0.365 e. The summed E-state index contributed by atoms with van der Waals surface area (Å²) < 4.78 is 0. The van der Waals surface area contributed by atoms with Gasteiger partial charge in [0.1, 0.15) is 0 Å². The highest BCUT2D eigenvalue weighted by Crippen LogP contribution is 2.06. The summed E-state index contributed by atoms with van der Waals surface area (Å²) in [5.41, 5.74) is 9.12. The van der Waals surface area contributed by atoms with Gasteiger partial charge in [-0.3, -0.25) is 0 Å². The summed E-state index contributed by atoms with van der Waals surface area (Å²) in [6.07, 6.45) is 0. The Hall–Kier alpha value is -2.62. The van der Waals surface area contributed by atoms with Gasteiger partial charge in [0.25, 0.3) is 0 Å². The van der Waals surface area contributed by atoms with Crippen LogP contribution in [0, 0.1) is 13.8 Å². The molecule has 0 atom stereocenters. The molecule has 2 aromatic rings. The second kappa shape index (κ2) is 6.02. The van der Waals surface area contributed by atoms with Crippen LogP contribution in [0.15, 0.2) is 53.7 Å². The molecule has 0 aliphatic carbocycles. The Kier molecular flexibility index (Phi) is 4.15. The van der Waals surface area contributed by atoms with Crippen LogP contribution in [0.2, 0.25) is 0 Å². The van der Waals surface area contributed by atoms with E-state index < -0.39 is 5.97 Å². The Bertz CT molecular complexity index is 629. The highest BCUT2D eigenvalue weighted by atomic mass is 16.7. The lowest BCUT2D eigenvalue weighted by Gasteiger charge is -2.02. The summed E-state index contributed by atoms with van der Waals surface area (Å²) in [5, 5.41) is 3.67. The lowest BCUT2D eigenvalue weighted by Crippen LogP contribution is -2.15. The van der Waals surface area contributed by atoms with Crippen molar-refractivity contribution in [2.75, 3.05) is 0 Å². The quantitative estimate of drug-likeness (QED) is 0.403. The Morgan fingerprint density at radius 2 is 1.35 bits per heavy atom. The van der Waals surface area contributed by atoms with Gasteiger partial charge < -0.3 is 10.6 Å². The third kappa shape index (κ3) is 3.45. The van der Waals surface area contributed by atoms with Gasteiger partial charge in [0.15, 0.2) is 5.84 Å². The normalized spacial score (nSPS) is 11.2. The number of hydrogen-bond donors (Lipinski definition) is 1. The van der Waals surface area contributed by atoms with Crippen LogP contribution in [0.4, 0.5) is 0 Å². The van der Waals surface area contributed by atoms with Gasteiger partial charge in [0.05, 0.1) is 5.56 Å². The fourth-order valence-corrected chi connectivity index (χ4v) is 1.61. The first-order chi connectivity index (χ1) is 9.56. The zero-order valence-corrected chi connectivity index (χ0v) is 11.5. The Morgan fingerprint density at radius 1 is 0.900 bits per heavy atom. The lowest BCUT2D eigenvalue weighted by atomic mass is 10.1.